The fourth-order valence-electron chi connectivity index (χ4n) is 3.32. The normalized spacial score (nSPS) is 11.5. The summed E-state index contributed by atoms with van der Waals surface area (Å²) in [4.78, 5) is 16.3. The highest BCUT2D eigenvalue weighted by Gasteiger charge is 2.19. The Morgan fingerprint density at radius 1 is 1.06 bits per heavy atom. The number of aromatic nitrogens is 1. The van der Waals surface area contributed by atoms with Gasteiger partial charge < -0.3 is 9.47 Å². The van der Waals surface area contributed by atoms with Crippen molar-refractivity contribution in [2.45, 2.75) is 39.7 Å². The van der Waals surface area contributed by atoms with Crippen molar-refractivity contribution in [2.24, 2.45) is 0 Å². The van der Waals surface area contributed by atoms with Gasteiger partial charge in [-0.2, -0.15) is 0 Å². The van der Waals surface area contributed by atoms with Gasteiger partial charge in [-0.3, -0.25) is 9.78 Å². The Labute approximate surface area is 184 Å². The number of nitrogens with zero attached hydrogens (tertiary/aromatic N) is 1. The lowest BCUT2D eigenvalue weighted by molar-refractivity contribution is 0.104. The molecule has 2 aromatic carbocycles. The molecule has 4 nitrogen and oxygen atoms in total. The summed E-state index contributed by atoms with van der Waals surface area (Å²) < 4.78 is 11.8. The lowest BCUT2D eigenvalue weighted by atomic mass is 9.86. The highest BCUT2D eigenvalue weighted by atomic mass is 16.5. The van der Waals surface area contributed by atoms with Crippen molar-refractivity contribution in [1.29, 1.82) is 0 Å². The van der Waals surface area contributed by atoms with Crippen LogP contribution >= 0.6 is 0 Å². The first kappa shape index (κ1) is 22.3. The molecule has 3 aromatic rings. The Morgan fingerprint density at radius 2 is 1.87 bits per heavy atom. The van der Waals surface area contributed by atoms with E-state index in [-0.39, 0.29) is 11.2 Å². The SMILES string of the molecule is COc1ccc(/C=C/C(=O)c2cccnc2)cc1COc1cc(C)ccc1C(C)(C)C. The number of carbonyl (C=O) groups is 1. The van der Waals surface area contributed by atoms with Gasteiger partial charge in [0.15, 0.2) is 5.78 Å². The quantitative estimate of drug-likeness (QED) is 0.342. The lowest BCUT2D eigenvalue weighted by Gasteiger charge is -2.23. The predicted octanol–water partition coefficient (Wildman–Crippen LogP) is 6.17. The van der Waals surface area contributed by atoms with Gasteiger partial charge in [0.25, 0.3) is 0 Å². The monoisotopic (exact) mass is 415 g/mol. The van der Waals surface area contributed by atoms with Crippen LogP contribution in [0.25, 0.3) is 6.08 Å². The minimum atomic E-state index is -0.0868. The van der Waals surface area contributed by atoms with Crippen LogP contribution in [0.1, 0.15) is 53.4 Å². The second kappa shape index (κ2) is 9.61. The molecule has 0 saturated carbocycles. The molecule has 1 aromatic heterocycles. The van der Waals surface area contributed by atoms with E-state index in [1.165, 1.54) is 0 Å². The molecule has 0 saturated heterocycles. The van der Waals surface area contributed by atoms with Crippen molar-refractivity contribution in [3.8, 4) is 11.5 Å². The second-order valence-electron chi connectivity index (χ2n) is 8.55. The fourth-order valence-corrected chi connectivity index (χ4v) is 3.32. The predicted molar refractivity (Wildman–Crippen MR) is 125 cm³/mol. The number of ether oxygens (including phenoxy) is 2. The summed E-state index contributed by atoms with van der Waals surface area (Å²) in [5.74, 6) is 1.54. The number of aryl methyl sites for hydroxylation is 1. The van der Waals surface area contributed by atoms with E-state index < -0.39 is 0 Å². The molecule has 0 aliphatic heterocycles. The Bertz CT molecular complexity index is 1080. The summed E-state index contributed by atoms with van der Waals surface area (Å²) in [7, 11) is 1.65. The molecular weight excluding hydrogens is 386 g/mol. The molecule has 0 spiro atoms. The molecular formula is C27H29NO3. The van der Waals surface area contributed by atoms with E-state index in [1.54, 1.807) is 43.8 Å². The van der Waals surface area contributed by atoms with E-state index in [0.717, 1.165) is 33.8 Å². The summed E-state index contributed by atoms with van der Waals surface area (Å²) in [6.45, 7) is 8.96. The zero-order valence-electron chi connectivity index (χ0n) is 18.8. The molecule has 1 heterocycles. The van der Waals surface area contributed by atoms with Crippen LogP contribution in [0, 0.1) is 6.92 Å². The molecule has 31 heavy (non-hydrogen) atoms. The summed E-state index contributed by atoms with van der Waals surface area (Å²) in [5, 5.41) is 0. The van der Waals surface area contributed by atoms with E-state index >= 15 is 0 Å². The van der Waals surface area contributed by atoms with Crippen molar-refractivity contribution >= 4 is 11.9 Å². The van der Waals surface area contributed by atoms with Gasteiger partial charge in [-0.05, 0) is 65.4 Å². The van der Waals surface area contributed by atoms with E-state index in [4.69, 9.17) is 9.47 Å². The number of benzene rings is 2. The molecule has 0 atom stereocenters. The number of rotatable bonds is 7. The summed E-state index contributed by atoms with van der Waals surface area (Å²) >= 11 is 0. The second-order valence-corrected chi connectivity index (χ2v) is 8.55. The summed E-state index contributed by atoms with van der Waals surface area (Å²) in [5.41, 5.74) is 4.67. The molecule has 0 N–H and O–H groups in total. The van der Waals surface area contributed by atoms with Crippen molar-refractivity contribution in [1.82, 2.24) is 4.98 Å². The van der Waals surface area contributed by atoms with Crippen LogP contribution in [-0.4, -0.2) is 17.9 Å². The molecule has 4 heteroatoms. The first-order valence-corrected chi connectivity index (χ1v) is 10.3. The standard InChI is InChI=1S/C27H29NO3/c1-19-8-11-23(27(2,3)4)26(15-19)31-18-22-16-20(10-13-25(22)30-5)9-12-24(29)21-7-6-14-28-17-21/h6-17H,18H2,1-5H3/b12-9+. The molecule has 0 amide bonds. The van der Waals surface area contributed by atoms with Crippen LogP contribution in [0.5, 0.6) is 11.5 Å². The van der Waals surface area contributed by atoms with Crippen LogP contribution in [-0.2, 0) is 12.0 Å². The van der Waals surface area contributed by atoms with Crippen LogP contribution in [0.3, 0.4) is 0 Å². The van der Waals surface area contributed by atoms with Crippen LogP contribution in [0.4, 0.5) is 0 Å². The largest absolute Gasteiger partial charge is 0.496 e. The van der Waals surface area contributed by atoms with E-state index in [1.807, 2.05) is 18.2 Å². The number of hydrogen-bond acceptors (Lipinski definition) is 4. The van der Waals surface area contributed by atoms with E-state index in [0.29, 0.717) is 12.2 Å². The third kappa shape index (κ3) is 5.82. The van der Waals surface area contributed by atoms with E-state index in [2.05, 4.69) is 50.9 Å². The lowest BCUT2D eigenvalue weighted by Crippen LogP contribution is -2.13. The maximum Gasteiger partial charge on any atom is 0.187 e. The highest BCUT2D eigenvalue weighted by molar-refractivity contribution is 6.06. The first-order valence-electron chi connectivity index (χ1n) is 10.3. The van der Waals surface area contributed by atoms with Crippen molar-refractivity contribution < 1.29 is 14.3 Å². The number of hydrogen-bond donors (Lipinski definition) is 0. The molecule has 0 bridgehead atoms. The number of allylic oxidation sites excluding steroid dienone is 1. The first-order chi connectivity index (χ1) is 14.8. The third-order valence-electron chi connectivity index (χ3n) is 5.01. The molecule has 0 unspecified atom stereocenters. The minimum absolute atomic E-state index is 0.0234. The van der Waals surface area contributed by atoms with Gasteiger partial charge in [-0.1, -0.05) is 45.0 Å². The average molecular weight is 416 g/mol. The molecule has 0 aliphatic rings. The maximum absolute atomic E-state index is 12.3. The number of pyridine rings is 1. The van der Waals surface area contributed by atoms with Crippen LogP contribution < -0.4 is 9.47 Å². The molecule has 160 valence electrons. The smallest absolute Gasteiger partial charge is 0.187 e. The number of ketones is 1. The van der Waals surface area contributed by atoms with Gasteiger partial charge in [0.2, 0.25) is 0 Å². The Balaban J connectivity index is 1.82. The molecule has 3 rings (SSSR count). The number of carbonyl (C=O) groups excluding carboxylic acids is 1. The van der Waals surface area contributed by atoms with Gasteiger partial charge in [0.1, 0.15) is 18.1 Å². The van der Waals surface area contributed by atoms with Crippen molar-refractivity contribution in [3.05, 3.63) is 94.8 Å². The van der Waals surface area contributed by atoms with Crippen LogP contribution in [0.15, 0.2) is 67.0 Å². The Hall–Kier alpha value is -3.40. The number of methoxy groups -OCH3 is 1. The molecule has 0 fully saturated rings. The zero-order valence-corrected chi connectivity index (χ0v) is 18.8. The summed E-state index contributed by atoms with van der Waals surface area (Å²) in [6.07, 6.45) is 6.57. The maximum atomic E-state index is 12.3. The van der Waals surface area contributed by atoms with Gasteiger partial charge in [0.05, 0.1) is 7.11 Å². The highest BCUT2D eigenvalue weighted by Crippen LogP contribution is 2.33. The fraction of sp³-hybridized carbons (Fsp3) is 0.259. The Kier molecular flexibility index (Phi) is 6.91. The van der Waals surface area contributed by atoms with Gasteiger partial charge in [-0.15, -0.1) is 0 Å². The van der Waals surface area contributed by atoms with Gasteiger partial charge in [0, 0.05) is 23.5 Å². The van der Waals surface area contributed by atoms with Crippen molar-refractivity contribution in [2.75, 3.05) is 7.11 Å². The third-order valence-corrected chi connectivity index (χ3v) is 5.01. The summed E-state index contributed by atoms with van der Waals surface area (Å²) in [6, 6.07) is 15.6. The van der Waals surface area contributed by atoms with Gasteiger partial charge in [-0.25, -0.2) is 0 Å². The van der Waals surface area contributed by atoms with E-state index in [9.17, 15) is 4.79 Å². The molecule has 0 radical (unpaired) electrons. The topological polar surface area (TPSA) is 48.4 Å². The average Bonchev–Trinajstić information content (AvgIpc) is 2.75. The Morgan fingerprint density at radius 3 is 2.55 bits per heavy atom. The van der Waals surface area contributed by atoms with Gasteiger partial charge >= 0.3 is 0 Å². The minimum Gasteiger partial charge on any atom is -0.496 e. The van der Waals surface area contributed by atoms with Crippen LogP contribution in [0.2, 0.25) is 0 Å². The molecule has 0 aliphatic carbocycles. The zero-order chi connectivity index (χ0) is 22.4. The van der Waals surface area contributed by atoms with Crippen molar-refractivity contribution in [3.63, 3.8) is 0 Å².